The summed E-state index contributed by atoms with van der Waals surface area (Å²) in [4.78, 5) is 5.01. The smallest absolute Gasteiger partial charge is 0.0601 e. The van der Waals surface area contributed by atoms with E-state index in [2.05, 4.69) is 88.9 Å². The van der Waals surface area contributed by atoms with E-state index in [0.29, 0.717) is 5.92 Å². The molecule has 0 aromatic rings. The molecule has 2 aliphatic heterocycles. The molecule has 0 unspecified atom stereocenters. The van der Waals surface area contributed by atoms with E-state index in [1.807, 2.05) is 0 Å². The van der Waals surface area contributed by atoms with Crippen LogP contribution in [0.3, 0.4) is 0 Å². The van der Waals surface area contributed by atoms with Crippen molar-refractivity contribution < 1.29 is 0 Å². The molecule has 0 atom stereocenters. The minimum absolute atomic E-state index is 0.512. The van der Waals surface area contributed by atoms with Crippen molar-refractivity contribution >= 4 is 0 Å². The van der Waals surface area contributed by atoms with Crippen LogP contribution >= 0.6 is 0 Å². The third-order valence-corrected chi connectivity index (χ3v) is 7.12. The monoisotopic (exact) mass is 442 g/mol. The van der Waals surface area contributed by atoms with E-state index in [4.69, 9.17) is 0 Å². The third-order valence-electron chi connectivity index (χ3n) is 7.12. The Morgan fingerprint density at radius 2 is 1.06 bits per heavy atom. The topological polar surface area (TPSA) is 6.48 Å². The van der Waals surface area contributed by atoms with E-state index >= 15 is 0 Å². The van der Waals surface area contributed by atoms with Crippen molar-refractivity contribution in [2.75, 3.05) is 39.3 Å². The van der Waals surface area contributed by atoms with E-state index in [1.54, 1.807) is 0 Å². The lowest BCUT2D eigenvalue weighted by molar-refractivity contribution is 0.172. The molecule has 2 heteroatoms. The predicted molar refractivity (Wildman–Crippen MR) is 142 cm³/mol. The number of nitrogens with zero attached hydrogens (tertiary/aromatic N) is 2. The maximum absolute atomic E-state index is 3.33. The van der Waals surface area contributed by atoms with E-state index in [-0.39, 0.29) is 0 Å². The Hall–Kier alpha value is -0.960. The van der Waals surface area contributed by atoms with Gasteiger partial charge >= 0.3 is 0 Å². The van der Waals surface area contributed by atoms with E-state index in [0.717, 1.165) is 49.1 Å². The van der Waals surface area contributed by atoms with Gasteiger partial charge in [-0.3, -0.25) is 9.80 Å². The lowest BCUT2D eigenvalue weighted by Gasteiger charge is -2.32. The lowest BCUT2D eigenvalue weighted by atomic mass is 9.87. The van der Waals surface area contributed by atoms with Crippen molar-refractivity contribution in [2.24, 2.45) is 35.5 Å². The Labute approximate surface area is 202 Å². The van der Waals surface area contributed by atoms with Gasteiger partial charge in [-0.05, 0) is 87.9 Å². The highest BCUT2D eigenvalue weighted by atomic mass is 15.1. The molecule has 0 aromatic carbocycles. The fraction of sp³-hybridized carbons (Fsp3) is 0.867. The maximum Gasteiger partial charge on any atom is 0.0601 e. The van der Waals surface area contributed by atoms with Crippen LogP contribution in [0.1, 0.15) is 93.9 Å². The zero-order valence-corrected chi connectivity index (χ0v) is 22.8. The summed E-state index contributed by atoms with van der Waals surface area (Å²) < 4.78 is 0. The molecule has 0 spiro atoms. The van der Waals surface area contributed by atoms with Gasteiger partial charge in [0.25, 0.3) is 0 Å². The molecule has 0 saturated carbocycles. The Morgan fingerprint density at radius 3 is 1.44 bits per heavy atom. The molecule has 2 saturated heterocycles. The molecule has 2 rings (SSSR count). The standard InChI is InChI=1S/C16H29N.C14H25N/c1-14(2)8-6-5-7-11-17-12-9-16(10-13-17)15(3)4;1-12(2)6-5-9-15-10-7-14(8-11-15)13(3)4/h14-16H,6,8-13H2,1-4H3;12-14H,7-11H2,1-4H3. The third kappa shape index (κ3) is 13.6. The van der Waals surface area contributed by atoms with Gasteiger partial charge < -0.3 is 0 Å². The fourth-order valence-corrected chi connectivity index (χ4v) is 4.53. The van der Waals surface area contributed by atoms with Crippen molar-refractivity contribution in [1.82, 2.24) is 9.80 Å². The molecule has 2 aliphatic rings. The molecule has 0 aromatic heterocycles. The summed E-state index contributed by atoms with van der Waals surface area (Å²) in [6.45, 7) is 25.2. The second-order valence-electron chi connectivity index (χ2n) is 11.5. The highest BCUT2D eigenvalue weighted by molar-refractivity contribution is 5.03. The van der Waals surface area contributed by atoms with Gasteiger partial charge in [-0.15, -0.1) is 5.92 Å². The van der Waals surface area contributed by atoms with Gasteiger partial charge in [0, 0.05) is 12.3 Å². The number of rotatable bonds is 6. The van der Waals surface area contributed by atoms with Crippen LogP contribution in [0.2, 0.25) is 0 Å². The second kappa shape index (κ2) is 16.6. The van der Waals surface area contributed by atoms with Crippen molar-refractivity contribution in [2.45, 2.75) is 93.9 Å². The Morgan fingerprint density at radius 1 is 0.625 bits per heavy atom. The number of hydrogen-bond acceptors (Lipinski definition) is 2. The SMILES string of the molecule is CC(C)C#CCN1CCC(C(C)C)CC1.CC(C)CCC#CCN1CCC(C(C)C)CC1. The van der Waals surface area contributed by atoms with Gasteiger partial charge in [0.1, 0.15) is 0 Å². The molecule has 0 bridgehead atoms. The quantitative estimate of drug-likeness (QED) is 0.417. The van der Waals surface area contributed by atoms with Gasteiger partial charge in [0.2, 0.25) is 0 Å². The average molecular weight is 443 g/mol. The highest BCUT2D eigenvalue weighted by Crippen LogP contribution is 2.24. The molecular weight excluding hydrogens is 388 g/mol. The van der Waals surface area contributed by atoms with Gasteiger partial charge in [0.05, 0.1) is 13.1 Å². The molecule has 0 radical (unpaired) electrons. The van der Waals surface area contributed by atoms with Crippen LogP contribution in [0.4, 0.5) is 0 Å². The summed E-state index contributed by atoms with van der Waals surface area (Å²) in [6.07, 6.45) is 7.77. The van der Waals surface area contributed by atoms with Crippen LogP contribution < -0.4 is 0 Å². The molecule has 0 amide bonds. The molecule has 32 heavy (non-hydrogen) atoms. The van der Waals surface area contributed by atoms with Crippen LogP contribution in [0, 0.1) is 59.2 Å². The Bertz CT molecular complexity index is 580. The fourth-order valence-electron chi connectivity index (χ4n) is 4.53. The van der Waals surface area contributed by atoms with Crippen LogP contribution in [0.25, 0.3) is 0 Å². The first kappa shape index (κ1) is 29.1. The molecule has 2 fully saturated rings. The first-order chi connectivity index (χ1) is 15.2. The van der Waals surface area contributed by atoms with Crippen LogP contribution in [0.5, 0.6) is 0 Å². The van der Waals surface area contributed by atoms with Gasteiger partial charge in [-0.1, -0.05) is 73.2 Å². The van der Waals surface area contributed by atoms with E-state index in [1.165, 1.54) is 58.3 Å². The zero-order chi connectivity index (χ0) is 23.9. The summed E-state index contributed by atoms with van der Waals surface area (Å²) in [5.74, 6) is 18.0. The first-order valence-electron chi connectivity index (χ1n) is 13.6. The Balaban J connectivity index is 0.000000323. The minimum atomic E-state index is 0.512. The number of hydrogen-bond donors (Lipinski definition) is 0. The molecular formula is C30H54N2. The molecule has 184 valence electrons. The number of likely N-dealkylation sites (tertiary alicyclic amines) is 2. The zero-order valence-electron chi connectivity index (χ0n) is 22.8. The molecule has 0 aliphatic carbocycles. The normalized spacial score (nSPS) is 18.9. The lowest BCUT2D eigenvalue weighted by Crippen LogP contribution is -2.35. The summed E-state index contributed by atoms with van der Waals surface area (Å²) >= 11 is 0. The number of piperidine rings is 2. The Kier molecular flexibility index (Phi) is 15.1. The van der Waals surface area contributed by atoms with Crippen LogP contribution in [0.15, 0.2) is 0 Å². The van der Waals surface area contributed by atoms with Crippen molar-refractivity contribution in [3.8, 4) is 23.7 Å². The second-order valence-corrected chi connectivity index (χ2v) is 11.5. The first-order valence-corrected chi connectivity index (χ1v) is 13.6. The van der Waals surface area contributed by atoms with E-state index < -0.39 is 0 Å². The summed E-state index contributed by atoms with van der Waals surface area (Å²) in [5.41, 5.74) is 0. The van der Waals surface area contributed by atoms with Crippen molar-refractivity contribution in [3.63, 3.8) is 0 Å². The summed E-state index contributed by atoms with van der Waals surface area (Å²) in [6, 6.07) is 0. The molecule has 2 nitrogen and oxygen atoms in total. The van der Waals surface area contributed by atoms with Gasteiger partial charge in [0.15, 0.2) is 0 Å². The summed E-state index contributed by atoms with van der Waals surface area (Å²) in [7, 11) is 0. The van der Waals surface area contributed by atoms with Crippen molar-refractivity contribution in [1.29, 1.82) is 0 Å². The van der Waals surface area contributed by atoms with Gasteiger partial charge in [-0.2, -0.15) is 0 Å². The highest BCUT2D eigenvalue weighted by Gasteiger charge is 2.21. The predicted octanol–water partition coefficient (Wildman–Crippen LogP) is 6.81. The van der Waals surface area contributed by atoms with Crippen molar-refractivity contribution in [3.05, 3.63) is 0 Å². The largest absolute Gasteiger partial charge is 0.292 e. The minimum Gasteiger partial charge on any atom is -0.292 e. The average Bonchev–Trinajstić information content (AvgIpc) is 2.74. The summed E-state index contributed by atoms with van der Waals surface area (Å²) in [5, 5.41) is 0. The van der Waals surface area contributed by atoms with Gasteiger partial charge in [-0.25, -0.2) is 0 Å². The maximum atomic E-state index is 3.33. The van der Waals surface area contributed by atoms with Crippen LogP contribution in [-0.2, 0) is 0 Å². The van der Waals surface area contributed by atoms with E-state index in [9.17, 15) is 0 Å². The molecule has 0 N–H and O–H groups in total. The van der Waals surface area contributed by atoms with Crippen LogP contribution in [-0.4, -0.2) is 49.1 Å². The molecule has 2 heterocycles.